The standard InChI is InChI=1S/C12H14N2S/c1-8-5-3-4-6-10(8)7-11-14-12(13)9(2)15-11/h3-6H,7,13H2,1-2H3. The Morgan fingerprint density at radius 1 is 1.27 bits per heavy atom. The molecule has 0 radical (unpaired) electrons. The van der Waals surface area contributed by atoms with Gasteiger partial charge in [-0.2, -0.15) is 0 Å². The highest BCUT2D eigenvalue weighted by atomic mass is 32.1. The Morgan fingerprint density at radius 2 is 2.00 bits per heavy atom. The Labute approximate surface area is 93.8 Å². The van der Waals surface area contributed by atoms with Crippen LogP contribution in [-0.4, -0.2) is 4.98 Å². The number of anilines is 1. The van der Waals surface area contributed by atoms with Crippen LogP contribution in [0.5, 0.6) is 0 Å². The molecule has 0 aliphatic heterocycles. The summed E-state index contributed by atoms with van der Waals surface area (Å²) in [5.74, 6) is 0.670. The monoisotopic (exact) mass is 218 g/mol. The summed E-state index contributed by atoms with van der Waals surface area (Å²) in [7, 11) is 0. The Morgan fingerprint density at radius 3 is 2.60 bits per heavy atom. The molecule has 78 valence electrons. The number of hydrogen-bond acceptors (Lipinski definition) is 3. The van der Waals surface area contributed by atoms with Gasteiger partial charge in [-0.25, -0.2) is 4.98 Å². The van der Waals surface area contributed by atoms with Crippen molar-refractivity contribution in [3.8, 4) is 0 Å². The molecule has 2 N–H and O–H groups in total. The van der Waals surface area contributed by atoms with Gasteiger partial charge in [0.1, 0.15) is 5.82 Å². The number of rotatable bonds is 2. The molecule has 1 aromatic heterocycles. The van der Waals surface area contributed by atoms with E-state index in [0.717, 1.165) is 16.3 Å². The van der Waals surface area contributed by atoms with Crippen molar-refractivity contribution in [2.45, 2.75) is 20.3 Å². The van der Waals surface area contributed by atoms with E-state index in [1.165, 1.54) is 11.1 Å². The van der Waals surface area contributed by atoms with Crippen LogP contribution in [0.3, 0.4) is 0 Å². The van der Waals surface area contributed by atoms with E-state index in [-0.39, 0.29) is 0 Å². The summed E-state index contributed by atoms with van der Waals surface area (Å²) >= 11 is 1.68. The number of thiazole rings is 1. The van der Waals surface area contributed by atoms with Crippen molar-refractivity contribution in [2.75, 3.05) is 5.73 Å². The zero-order valence-electron chi connectivity index (χ0n) is 8.95. The fraction of sp³-hybridized carbons (Fsp3) is 0.250. The maximum atomic E-state index is 5.73. The average Bonchev–Trinajstić information content (AvgIpc) is 2.50. The highest BCUT2D eigenvalue weighted by Gasteiger charge is 2.06. The van der Waals surface area contributed by atoms with Crippen LogP contribution >= 0.6 is 11.3 Å². The highest BCUT2D eigenvalue weighted by Crippen LogP contribution is 2.22. The summed E-state index contributed by atoms with van der Waals surface area (Å²) in [6.45, 7) is 4.13. The van der Waals surface area contributed by atoms with Crippen LogP contribution in [-0.2, 0) is 6.42 Å². The molecule has 0 atom stereocenters. The highest BCUT2D eigenvalue weighted by molar-refractivity contribution is 7.12. The van der Waals surface area contributed by atoms with E-state index in [9.17, 15) is 0 Å². The first-order chi connectivity index (χ1) is 7.16. The van der Waals surface area contributed by atoms with Crippen molar-refractivity contribution in [1.82, 2.24) is 4.98 Å². The van der Waals surface area contributed by atoms with Crippen molar-refractivity contribution in [2.24, 2.45) is 0 Å². The molecule has 0 unspecified atom stereocenters. The lowest BCUT2D eigenvalue weighted by atomic mass is 10.1. The summed E-state index contributed by atoms with van der Waals surface area (Å²) in [4.78, 5) is 5.45. The lowest BCUT2D eigenvalue weighted by Gasteiger charge is -2.01. The molecule has 2 rings (SSSR count). The van der Waals surface area contributed by atoms with Gasteiger partial charge in [-0.15, -0.1) is 11.3 Å². The van der Waals surface area contributed by atoms with Crippen LogP contribution in [0.2, 0.25) is 0 Å². The van der Waals surface area contributed by atoms with Crippen molar-refractivity contribution in [3.05, 3.63) is 45.3 Å². The third-order valence-corrected chi connectivity index (χ3v) is 3.47. The van der Waals surface area contributed by atoms with E-state index in [1.54, 1.807) is 11.3 Å². The average molecular weight is 218 g/mol. The van der Waals surface area contributed by atoms with Gasteiger partial charge in [-0.1, -0.05) is 24.3 Å². The molecule has 0 saturated heterocycles. The van der Waals surface area contributed by atoms with E-state index >= 15 is 0 Å². The fourth-order valence-electron chi connectivity index (χ4n) is 1.51. The number of nitrogens with zero attached hydrogens (tertiary/aromatic N) is 1. The number of benzene rings is 1. The van der Waals surface area contributed by atoms with Gasteiger partial charge in [-0.3, -0.25) is 0 Å². The van der Waals surface area contributed by atoms with Crippen LogP contribution in [0.25, 0.3) is 0 Å². The Bertz CT molecular complexity index is 455. The normalized spacial score (nSPS) is 10.5. The number of aryl methyl sites for hydroxylation is 2. The maximum absolute atomic E-state index is 5.73. The second-order valence-corrected chi connectivity index (χ2v) is 4.94. The van der Waals surface area contributed by atoms with E-state index in [2.05, 4.69) is 36.2 Å². The number of nitrogens with two attached hydrogens (primary N) is 1. The van der Waals surface area contributed by atoms with E-state index in [0.29, 0.717) is 5.82 Å². The molecule has 0 bridgehead atoms. The molecule has 0 aliphatic rings. The van der Waals surface area contributed by atoms with Gasteiger partial charge >= 0.3 is 0 Å². The number of aromatic nitrogens is 1. The molecule has 3 heteroatoms. The van der Waals surface area contributed by atoms with Crippen LogP contribution in [0, 0.1) is 13.8 Å². The minimum Gasteiger partial charge on any atom is -0.383 e. The molecule has 2 nitrogen and oxygen atoms in total. The molecule has 15 heavy (non-hydrogen) atoms. The van der Waals surface area contributed by atoms with Crippen LogP contribution in [0.4, 0.5) is 5.82 Å². The maximum Gasteiger partial charge on any atom is 0.137 e. The van der Waals surface area contributed by atoms with E-state index < -0.39 is 0 Å². The third-order valence-electron chi connectivity index (χ3n) is 2.48. The number of nitrogen functional groups attached to an aromatic ring is 1. The Hall–Kier alpha value is -1.35. The summed E-state index contributed by atoms with van der Waals surface area (Å²) in [6.07, 6.45) is 0.884. The topological polar surface area (TPSA) is 38.9 Å². The summed E-state index contributed by atoms with van der Waals surface area (Å²) in [5, 5.41) is 1.10. The molecular formula is C12H14N2S. The molecule has 1 heterocycles. The van der Waals surface area contributed by atoms with Crippen molar-refractivity contribution in [1.29, 1.82) is 0 Å². The zero-order valence-corrected chi connectivity index (χ0v) is 9.77. The molecular weight excluding hydrogens is 204 g/mol. The third kappa shape index (κ3) is 2.18. The molecule has 2 aromatic rings. The van der Waals surface area contributed by atoms with Crippen molar-refractivity contribution >= 4 is 17.2 Å². The Balaban J connectivity index is 2.26. The first kappa shape index (κ1) is 10.2. The van der Waals surface area contributed by atoms with Crippen LogP contribution in [0.1, 0.15) is 21.0 Å². The molecule has 0 amide bonds. The van der Waals surface area contributed by atoms with Gasteiger partial charge < -0.3 is 5.73 Å². The van der Waals surface area contributed by atoms with E-state index in [4.69, 9.17) is 5.73 Å². The summed E-state index contributed by atoms with van der Waals surface area (Å²) in [6, 6.07) is 8.38. The van der Waals surface area contributed by atoms with Gasteiger partial charge in [0.15, 0.2) is 0 Å². The van der Waals surface area contributed by atoms with Gasteiger partial charge in [-0.05, 0) is 25.0 Å². The SMILES string of the molecule is Cc1ccccc1Cc1nc(N)c(C)s1. The first-order valence-electron chi connectivity index (χ1n) is 4.93. The van der Waals surface area contributed by atoms with Gasteiger partial charge in [0, 0.05) is 11.3 Å². The van der Waals surface area contributed by atoms with E-state index in [1.807, 2.05) is 6.92 Å². The van der Waals surface area contributed by atoms with Crippen LogP contribution < -0.4 is 5.73 Å². The predicted octanol–water partition coefficient (Wildman–Crippen LogP) is 2.93. The predicted molar refractivity (Wildman–Crippen MR) is 65.2 cm³/mol. The van der Waals surface area contributed by atoms with Gasteiger partial charge in [0.2, 0.25) is 0 Å². The Kier molecular flexibility index (Phi) is 2.73. The first-order valence-corrected chi connectivity index (χ1v) is 5.75. The molecule has 0 fully saturated rings. The second-order valence-electron chi connectivity index (χ2n) is 3.65. The lowest BCUT2D eigenvalue weighted by Crippen LogP contribution is -1.92. The van der Waals surface area contributed by atoms with Crippen molar-refractivity contribution < 1.29 is 0 Å². The molecule has 1 aromatic carbocycles. The minimum atomic E-state index is 0.670. The lowest BCUT2D eigenvalue weighted by molar-refractivity contribution is 1.12. The zero-order chi connectivity index (χ0) is 10.8. The van der Waals surface area contributed by atoms with Crippen LogP contribution in [0.15, 0.2) is 24.3 Å². The molecule has 0 spiro atoms. The minimum absolute atomic E-state index is 0.670. The van der Waals surface area contributed by atoms with Crippen molar-refractivity contribution in [3.63, 3.8) is 0 Å². The van der Waals surface area contributed by atoms with Gasteiger partial charge in [0.05, 0.1) is 5.01 Å². The molecule has 0 saturated carbocycles. The quantitative estimate of drug-likeness (QED) is 0.841. The summed E-state index contributed by atoms with van der Waals surface area (Å²) in [5.41, 5.74) is 8.37. The molecule has 0 aliphatic carbocycles. The second kappa shape index (κ2) is 4.03. The van der Waals surface area contributed by atoms with Gasteiger partial charge in [0.25, 0.3) is 0 Å². The summed E-state index contributed by atoms with van der Waals surface area (Å²) < 4.78 is 0. The smallest absolute Gasteiger partial charge is 0.137 e. The largest absolute Gasteiger partial charge is 0.383 e. The fourth-order valence-corrected chi connectivity index (χ4v) is 2.39. The number of hydrogen-bond donors (Lipinski definition) is 1.